The summed E-state index contributed by atoms with van der Waals surface area (Å²) in [6.45, 7) is 8.25. The fourth-order valence-electron chi connectivity index (χ4n) is 3.03. The first kappa shape index (κ1) is 16.2. The molecule has 0 amide bonds. The Kier molecular flexibility index (Phi) is 4.59. The average molecular weight is 307 g/mol. The van der Waals surface area contributed by atoms with Gasteiger partial charge in [0.05, 0.1) is 10.4 Å². The number of aryl methyl sites for hydroxylation is 1. The van der Waals surface area contributed by atoms with E-state index in [9.17, 15) is 8.42 Å². The number of nitrogens with one attached hydrogen (secondary N) is 1. The topological polar surface area (TPSA) is 46.2 Å². The fourth-order valence-corrected chi connectivity index (χ4v) is 4.46. The molecule has 2 unspecified atom stereocenters. The zero-order chi connectivity index (χ0) is 15.7. The fraction of sp³-hybridized carbons (Fsp3) is 0.529. The maximum absolute atomic E-state index is 12.6. The van der Waals surface area contributed by atoms with Crippen molar-refractivity contribution < 1.29 is 8.42 Å². The largest absolute Gasteiger partial charge is 0.241 e. The Balaban J connectivity index is 2.27. The quantitative estimate of drug-likeness (QED) is 0.841. The van der Waals surface area contributed by atoms with Gasteiger partial charge in [0.2, 0.25) is 10.0 Å². The lowest BCUT2D eigenvalue weighted by molar-refractivity contribution is 0.429. The molecule has 0 aliphatic heterocycles. The smallest absolute Gasteiger partial charge is 0.207 e. The second-order valence-electron chi connectivity index (χ2n) is 6.26. The first-order valence-electron chi connectivity index (χ1n) is 7.59. The molecule has 0 bridgehead atoms. The summed E-state index contributed by atoms with van der Waals surface area (Å²) in [5, 5.41) is 0. The van der Waals surface area contributed by atoms with Crippen LogP contribution in [0.25, 0.3) is 0 Å². The molecule has 0 saturated heterocycles. The van der Waals surface area contributed by atoms with Crippen LogP contribution in [0.4, 0.5) is 0 Å². The van der Waals surface area contributed by atoms with Crippen molar-refractivity contribution >= 4 is 10.0 Å². The van der Waals surface area contributed by atoms with Crippen LogP contribution in [-0.4, -0.2) is 14.0 Å². The van der Waals surface area contributed by atoms with E-state index in [1.54, 1.807) is 12.1 Å². The van der Waals surface area contributed by atoms with E-state index >= 15 is 0 Å². The number of rotatable bonds is 5. The molecule has 0 radical (unpaired) electrons. The molecular formula is C17H25NO2S. The van der Waals surface area contributed by atoms with Crippen LogP contribution in [-0.2, 0) is 10.0 Å². The molecule has 4 heteroatoms. The van der Waals surface area contributed by atoms with Gasteiger partial charge in [0.1, 0.15) is 0 Å². The molecule has 116 valence electrons. The van der Waals surface area contributed by atoms with Crippen molar-refractivity contribution in [3.63, 3.8) is 0 Å². The number of benzene rings is 1. The third-order valence-corrected chi connectivity index (χ3v) is 6.09. The van der Waals surface area contributed by atoms with Gasteiger partial charge in [-0.1, -0.05) is 43.2 Å². The van der Waals surface area contributed by atoms with Gasteiger partial charge in [-0.25, -0.2) is 13.1 Å². The molecule has 1 aromatic carbocycles. The van der Waals surface area contributed by atoms with Crippen molar-refractivity contribution in [1.29, 1.82) is 0 Å². The molecule has 1 aliphatic carbocycles. The lowest BCUT2D eigenvalue weighted by atomic mass is 9.85. The summed E-state index contributed by atoms with van der Waals surface area (Å²) < 4.78 is 28.2. The van der Waals surface area contributed by atoms with Gasteiger partial charge in [0, 0.05) is 0 Å². The first-order valence-corrected chi connectivity index (χ1v) is 9.08. The van der Waals surface area contributed by atoms with Crippen molar-refractivity contribution in [2.24, 2.45) is 5.92 Å². The summed E-state index contributed by atoms with van der Waals surface area (Å²) in [7, 11) is -3.48. The predicted octanol–water partition coefficient (Wildman–Crippen LogP) is 3.80. The Bertz CT molecular complexity index is 631. The number of hydrogen-bond acceptors (Lipinski definition) is 2. The standard InChI is InChI=1S/C17H25NO2S/c1-5-14(3)16-7-6-12-17(16,4)18-21(19,20)15-10-8-13(2)9-11-15/h7-11,14,18H,5-6,12H2,1-4H3. The lowest BCUT2D eigenvalue weighted by Crippen LogP contribution is -2.46. The van der Waals surface area contributed by atoms with Crippen molar-refractivity contribution in [2.75, 3.05) is 0 Å². The summed E-state index contributed by atoms with van der Waals surface area (Å²) in [5.41, 5.74) is 1.82. The highest BCUT2D eigenvalue weighted by Crippen LogP contribution is 2.37. The zero-order valence-corrected chi connectivity index (χ0v) is 14.1. The zero-order valence-electron chi connectivity index (χ0n) is 13.3. The van der Waals surface area contributed by atoms with Crippen LogP contribution in [0.2, 0.25) is 0 Å². The van der Waals surface area contributed by atoms with E-state index in [0.717, 1.165) is 24.8 Å². The van der Waals surface area contributed by atoms with Crippen LogP contribution in [0.3, 0.4) is 0 Å². The van der Waals surface area contributed by atoms with E-state index < -0.39 is 15.6 Å². The van der Waals surface area contributed by atoms with E-state index in [0.29, 0.717) is 10.8 Å². The Morgan fingerprint density at radius 2 is 1.90 bits per heavy atom. The molecule has 2 atom stereocenters. The Hall–Kier alpha value is -1.13. The molecule has 0 heterocycles. The molecule has 0 spiro atoms. The highest BCUT2D eigenvalue weighted by atomic mass is 32.2. The van der Waals surface area contributed by atoms with Gasteiger partial charge in [-0.3, -0.25) is 0 Å². The minimum Gasteiger partial charge on any atom is -0.207 e. The van der Waals surface area contributed by atoms with Crippen LogP contribution in [0.1, 0.15) is 45.6 Å². The van der Waals surface area contributed by atoms with E-state index in [2.05, 4.69) is 24.6 Å². The van der Waals surface area contributed by atoms with Crippen LogP contribution in [0.5, 0.6) is 0 Å². The lowest BCUT2D eigenvalue weighted by Gasteiger charge is -2.32. The van der Waals surface area contributed by atoms with Crippen LogP contribution < -0.4 is 4.72 Å². The molecule has 1 aliphatic rings. The van der Waals surface area contributed by atoms with Crippen LogP contribution in [0, 0.1) is 12.8 Å². The molecular weight excluding hydrogens is 282 g/mol. The van der Waals surface area contributed by atoms with Crippen molar-refractivity contribution in [1.82, 2.24) is 4.72 Å². The van der Waals surface area contributed by atoms with Crippen LogP contribution >= 0.6 is 0 Å². The van der Waals surface area contributed by atoms with Gasteiger partial charge in [-0.05, 0) is 51.2 Å². The normalized spacial score (nSPS) is 23.9. The van der Waals surface area contributed by atoms with Gasteiger partial charge in [-0.15, -0.1) is 0 Å². The molecule has 0 fully saturated rings. The number of hydrogen-bond donors (Lipinski definition) is 1. The van der Waals surface area contributed by atoms with Gasteiger partial charge < -0.3 is 0 Å². The molecule has 2 rings (SSSR count). The SMILES string of the molecule is CCC(C)C1=CCCC1(C)NS(=O)(=O)c1ccc(C)cc1. The molecule has 0 aromatic heterocycles. The third kappa shape index (κ3) is 3.38. The van der Waals surface area contributed by atoms with Gasteiger partial charge in [0.15, 0.2) is 0 Å². The van der Waals surface area contributed by atoms with E-state index in [1.165, 1.54) is 5.57 Å². The molecule has 21 heavy (non-hydrogen) atoms. The second kappa shape index (κ2) is 5.93. The van der Waals surface area contributed by atoms with Crippen LogP contribution in [0.15, 0.2) is 40.8 Å². The minimum atomic E-state index is -3.48. The van der Waals surface area contributed by atoms with E-state index in [4.69, 9.17) is 0 Å². The van der Waals surface area contributed by atoms with Crippen molar-refractivity contribution in [3.8, 4) is 0 Å². The van der Waals surface area contributed by atoms with Crippen molar-refractivity contribution in [2.45, 2.75) is 57.4 Å². The highest BCUT2D eigenvalue weighted by Gasteiger charge is 2.38. The summed E-state index contributed by atoms with van der Waals surface area (Å²) >= 11 is 0. The molecule has 1 N–H and O–H groups in total. The Labute approximate surface area is 128 Å². The summed E-state index contributed by atoms with van der Waals surface area (Å²) in [5.74, 6) is 0.401. The van der Waals surface area contributed by atoms with E-state index in [1.807, 2.05) is 26.0 Å². The summed E-state index contributed by atoms with van der Waals surface area (Å²) in [6.07, 6.45) is 4.99. The maximum atomic E-state index is 12.6. The third-order valence-electron chi connectivity index (χ3n) is 4.48. The number of allylic oxidation sites excluding steroid dienone is 1. The molecule has 0 saturated carbocycles. The number of sulfonamides is 1. The second-order valence-corrected chi connectivity index (χ2v) is 7.94. The van der Waals surface area contributed by atoms with E-state index in [-0.39, 0.29) is 0 Å². The van der Waals surface area contributed by atoms with Gasteiger partial charge in [-0.2, -0.15) is 0 Å². The summed E-state index contributed by atoms with van der Waals surface area (Å²) in [4.78, 5) is 0.338. The van der Waals surface area contributed by atoms with Gasteiger partial charge in [0.25, 0.3) is 0 Å². The molecule has 1 aromatic rings. The molecule has 3 nitrogen and oxygen atoms in total. The Morgan fingerprint density at radius 1 is 1.29 bits per heavy atom. The average Bonchev–Trinajstić information content (AvgIpc) is 2.79. The highest BCUT2D eigenvalue weighted by molar-refractivity contribution is 7.89. The predicted molar refractivity (Wildman–Crippen MR) is 86.7 cm³/mol. The maximum Gasteiger partial charge on any atom is 0.241 e. The van der Waals surface area contributed by atoms with Crippen molar-refractivity contribution in [3.05, 3.63) is 41.5 Å². The monoisotopic (exact) mass is 307 g/mol. The minimum absolute atomic E-state index is 0.338. The van der Waals surface area contributed by atoms with Gasteiger partial charge >= 0.3 is 0 Å². The Morgan fingerprint density at radius 3 is 2.48 bits per heavy atom. The first-order chi connectivity index (χ1) is 9.78. The summed E-state index contributed by atoms with van der Waals surface area (Å²) in [6, 6.07) is 7.00.